The number of hydrogen-bond acceptors (Lipinski definition) is 2. The van der Waals surface area contributed by atoms with E-state index in [1.807, 2.05) is 0 Å². The summed E-state index contributed by atoms with van der Waals surface area (Å²) < 4.78 is 5.58. The molecule has 0 aliphatic carbocycles. The molecule has 1 N–H and O–H groups in total. The molecule has 1 aliphatic rings. The molecule has 0 saturated carbocycles. The van der Waals surface area contributed by atoms with Crippen molar-refractivity contribution in [1.29, 1.82) is 0 Å². The molecule has 0 radical (unpaired) electrons. The van der Waals surface area contributed by atoms with E-state index < -0.39 is 0 Å². The van der Waals surface area contributed by atoms with Crippen LogP contribution in [0.15, 0.2) is 0 Å². The lowest BCUT2D eigenvalue weighted by molar-refractivity contribution is 0.169. The van der Waals surface area contributed by atoms with Gasteiger partial charge in [-0.05, 0) is 12.8 Å². The molecule has 1 heterocycles. The largest absolute Gasteiger partial charge is 0.364 e. The van der Waals surface area contributed by atoms with Crippen LogP contribution in [-0.4, -0.2) is 18.9 Å². The number of unbranched alkanes of at least 4 members (excludes halogenated alkanes) is 7. The maximum atomic E-state index is 5.58. The Morgan fingerprint density at radius 2 is 1.39 bits per heavy atom. The molecule has 1 atom stereocenters. The molecule has 1 fully saturated rings. The van der Waals surface area contributed by atoms with Gasteiger partial charge in [-0.2, -0.15) is 0 Å². The van der Waals surface area contributed by atoms with E-state index >= 15 is 0 Å². The SMILES string of the molecule is CCCCCCCCC1(CCCCC)COCN1. The molecular weight excluding hydrogens is 222 g/mol. The highest BCUT2D eigenvalue weighted by atomic mass is 16.5. The quantitative estimate of drug-likeness (QED) is 0.543. The van der Waals surface area contributed by atoms with Crippen molar-refractivity contribution in [2.24, 2.45) is 0 Å². The van der Waals surface area contributed by atoms with E-state index in [-0.39, 0.29) is 0 Å². The van der Waals surface area contributed by atoms with Crippen LogP contribution in [0.3, 0.4) is 0 Å². The molecule has 1 unspecified atom stereocenters. The van der Waals surface area contributed by atoms with Crippen LogP contribution in [0.1, 0.15) is 84.5 Å². The lowest BCUT2D eigenvalue weighted by Crippen LogP contribution is -2.42. The van der Waals surface area contributed by atoms with E-state index in [0.29, 0.717) is 5.54 Å². The molecule has 0 aromatic carbocycles. The maximum absolute atomic E-state index is 5.58. The fourth-order valence-electron chi connectivity index (χ4n) is 2.90. The Morgan fingerprint density at radius 1 is 0.833 bits per heavy atom. The van der Waals surface area contributed by atoms with Gasteiger partial charge in [0.2, 0.25) is 0 Å². The fourth-order valence-corrected chi connectivity index (χ4v) is 2.90. The van der Waals surface area contributed by atoms with Crippen LogP contribution in [0.4, 0.5) is 0 Å². The van der Waals surface area contributed by atoms with E-state index in [2.05, 4.69) is 19.2 Å². The predicted octanol–water partition coefficient (Wildman–Crippen LogP) is 4.63. The van der Waals surface area contributed by atoms with Gasteiger partial charge in [0, 0.05) is 5.54 Å². The van der Waals surface area contributed by atoms with Gasteiger partial charge in [0.25, 0.3) is 0 Å². The highest BCUT2D eigenvalue weighted by Gasteiger charge is 2.32. The number of hydrogen-bond donors (Lipinski definition) is 1. The van der Waals surface area contributed by atoms with Crippen molar-refractivity contribution in [3.8, 4) is 0 Å². The summed E-state index contributed by atoms with van der Waals surface area (Å²) in [5.74, 6) is 0. The zero-order valence-corrected chi connectivity index (χ0v) is 12.6. The highest BCUT2D eigenvalue weighted by Crippen LogP contribution is 2.26. The minimum Gasteiger partial charge on any atom is -0.364 e. The Labute approximate surface area is 114 Å². The number of ether oxygens (including phenoxy) is 1. The lowest BCUT2D eigenvalue weighted by atomic mass is 9.88. The van der Waals surface area contributed by atoms with Crippen molar-refractivity contribution in [3.63, 3.8) is 0 Å². The van der Waals surface area contributed by atoms with Gasteiger partial charge < -0.3 is 4.74 Å². The third-order valence-electron chi connectivity index (χ3n) is 4.20. The summed E-state index contributed by atoms with van der Waals surface area (Å²) in [7, 11) is 0. The van der Waals surface area contributed by atoms with Crippen molar-refractivity contribution >= 4 is 0 Å². The Balaban J connectivity index is 2.13. The second-order valence-corrected chi connectivity index (χ2v) is 5.92. The molecule has 2 nitrogen and oxygen atoms in total. The molecule has 0 spiro atoms. The zero-order valence-electron chi connectivity index (χ0n) is 12.6. The summed E-state index contributed by atoms with van der Waals surface area (Å²) in [6.07, 6.45) is 15.0. The van der Waals surface area contributed by atoms with Crippen molar-refractivity contribution in [3.05, 3.63) is 0 Å². The zero-order chi connectivity index (χ0) is 13.1. The van der Waals surface area contributed by atoms with E-state index in [0.717, 1.165) is 13.3 Å². The van der Waals surface area contributed by atoms with Crippen LogP contribution in [-0.2, 0) is 4.74 Å². The first-order valence-electron chi connectivity index (χ1n) is 8.16. The Bertz CT molecular complexity index is 188. The molecule has 1 rings (SSSR count). The molecule has 0 bridgehead atoms. The van der Waals surface area contributed by atoms with Crippen molar-refractivity contribution < 1.29 is 4.74 Å². The fraction of sp³-hybridized carbons (Fsp3) is 1.00. The Hall–Kier alpha value is -0.0800. The predicted molar refractivity (Wildman–Crippen MR) is 78.8 cm³/mol. The second kappa shape index (κ2) is 9.80. The third-order valence-corrected chi connectivity index (χ3v) is 4.20. The van der Waals surface area contributed by atoms with Crippen molar-refractivity contribution in [1.82, 2.24) is 5.32 Å². The molecule has 2 heteroatoms. The first-order chi connectivity index (χ1) is 8.83. The van der Waals surface area contributed by atoms with E-state index in [4.69, 9.17) is 4.74 Å². The van der Waals surface area contributed by atoms with E-state index in [1.54, 1.807) is 0 Å². The smallest absolute Gasteiger partial charge is 0.0971 e. The van der Waals surface area contributed by atoms with Crippen molar-refractivity contribution in [2.75, 3.05) is 13.3 Å². The van der Waals surface area contributed by atoms with Crippen LogP contribution in [0.25, 0.3) is 0 Å². The van der Waals surface area contributed by atoms with Crippen LogP contribution in [0, 0.1) is 0 Å². The molecule has 0 aromatic heterocycles. The van der Waals surface area contributed by atoms with Gasteiger partial charge >= 0.3 is 0 Å². The molecule has 0 amide bonds. The highest BCUT2D eigenvalue weighted by molar-refractivity contribution is 4.90. The number of rotatable bonds is 11. The van der Waals surface area contributed by atoms with Crippen molar-refractivity contribution in [2.45, 2.75) is 90.0 Å². The van der Waals surface area contributed by atoms with Gasteiger partial charge in [0.1, 0.15) is 0 Å². The summed E-state index contributed by atoms with van der Waals surface area (Å²) >= 11 is 0. The van der Waals surface area contributed by atoms with Gasteiger partial charge in [-0.15, -0.1) is 0 Å². The van der Waals surface area contributed by atoms with Gasteiger partial charge in [-0.25, -0.2) is 0 Å². The second-order valence-electron chi connectivity index (χ2n) is 5.92. The summed E-state index contributed by atoms with van der Waals surface area (Å²) in [4.78, 5) is 0. The average molecular weight is 255 g/mol. The monoisotopic (exact) mass is 255 g/mol. The van der Waals surface area contributed by atoms with Gasteiger partial charge in [0.15, 0.2) is 0 Å². The van der Waals surface area contributed by atoms with Gasteiger partial charge in [-0.1, -0.05) is 71.6 Å². The van der Waals surface area contributed by atoms with E-state index in [1.165, 1.54) is 70.6 Å². The standard InChI is InChI=1S/C16H33NO/c1-3-5-7-8-9-11-13-16(12-10-6-4-2)14-18-15-17-16/h17H,3-15H2,1-2H3. The van der Waals surface area contributed by atoms with Crippen LogP contribution >= 0.6 is 0 Å². The lowest BCUT2D eigenvalue weighted by Gasteiger charge is -2.28. The Kier molecular flexibility index (Phi) is 8.70. The molecule has 1 aliphatic heterocycles. The van der Waals surface area contributed by atoms with Gasteiger partial charge in [-0.3, -0.25) is 5.32 Å². The average Bonchev–Trinajstić information content (AvgIpc) is 2.83. The summed E-state index contributed by atoms with van der Waals surface area (Å²) in [6.45, 7) is 6.26. The Morgan fingerprint density at radius 3 is 2.00 bits per heavy atom. The van der Waals surface area contributed by atoms with E-state index in [9.17, 15) is 0 Å². The first kappa shape index (κ1) is 16.0. The van der Waals surface area contributed by atoms with Crippen LogP contribution in [0.5, 0.6) is 0 Å². The normalized spacial score (nSPS) is 23.7. The molecule has 18 heavy (non-hydrogen) atoms. The summed E-state index contributed by atoms with van der Waals surface area (Å²) in [5.41, 5.74) is 0.319. The molecule has 108 valence electrons. The van der Waals surface area contributed by atoms with Crippen LogP contribution in [0.2, 0.25) is 0 Å². The number of nitrogens with one attached hydrogen (secondary N) is 1. The minimum absolute atomic E-state index is 0.319. The summed E-state index contributed by atoms with van der Waals surface area (Å²) in [5, 5.41) is 3.61. The maximum Gasteiger partial charge on any atom is 0.0971 e. The molecular formula is C16H33NO. The molecule has 0 aromatic rings. The minimum atomic E-state index is 0.319. The van der Waals surface area contributed by atoms with Crippen LogP contribution < -0.4 is 5.32 Å². The first-order valence-corrected chi connectivity index (χ1v) is 8.16. The topological polar surface area (TPSA) is 21.3 Å². The molecule has 1 saturated heterocycles. The summed E-state index contributed by atoms with van der Waals surface area (Å²) in [6, 6.07) is 0. The third kappa shape index (κ3) is 6.19. The van der Waals surface area contributed by atoms with Gasteiger partial charge in [0.05, 0.1) is 13.3 Å².